The first-order chi connectivity index (χ1) is 10.0. The molecule has 0 fully saturated rings. The number of rotatable bonds is 3. The molecule has 0 saturated heterocycles. The first kappa shape index (κ1) is 13.3. The fourth-order valence-corrected chi connectivity index (χ4v) is 2.44. The van der Waals surface area contributed by atoms with Crippen molar-refractivity contribution in [1.29, 1.82) is 0 Å². The highest BCUT2D eigenvalue weighted by atomic mass is 16.3. The van der Waals surface area contributed by atoms with Crippen LogP contribution in [0.2, 0.25) is 0 Å². The maximum atomic E-state index is 9.89. The molecule has 1 aromatic heterocycles. The van der Waals surface area contributed by atoms with Crippen molar-refractivity contribution < 1.29 is 14.6 Å². The van der Waals surface area contributed by atoms with Crippen LogP contribution in [-0.2, 0) is 0 Å². The van der Waals surface area contributed by atoms with Crippen molar-refractivity contribution in [3.63, 3.8) is 0 Å². The molecule has 5 nitrogen and oxygen atoms in total. The Hall–Kier alpha value is -2.69. The van der Waals surface area contributed by atoms with Crippen LogP contribution in [0.5, 0.6) is 11.5 Å². The van der Waals surface area contributed by atoms with Crippen LogP contribution in [0, 0.1) is 6.92 Å². The van der Waals surface area contributed by atoms with Gasteiger partial charge in [-0.3, -0.25) is 0 Å². The maximum Gasteiger partial charge on any atom is 0.192 e. The number of phenolic OH excluding ortho intramolecular Hbond substituents is 2. The maximum absolute atomic E-state index is 9.89. The molecule has 21 heavy (non-hydrogen) atoms. The van der Waals surface area contributed by atoms with E-state index in [2.05, 4.69) is 10.3 Å². The summed E-state index contributed by atoms with van der Waals surface area (Å²) in [6.45, 7) is 3.67. The summed E-state index contributed by atoms with van der Waals surface area (Å²) in [6.07, 6.45) is 0. The SMILES string of the molecule is Cc1nc2cc(NC(C)c3c(O)cccc3O)ccc2o1. The Morgan fingerprint density at radius 1 is 1.14 bits per heavy atom. The second kappa shape index (κ2) is 5.01. The van der Waals surface area contributed by atoms with Gasteiger partial charge in [0, 0.05) is 12.6 Å². The molecule has 108 valence electrons. The van der Waals surface area contributed by atoms with Crippen molar-refractivity contribution in [2.75, 3.05) is 5.32 Å². The topological polar surface area (TPSA) is 78.5 Å². The molecular weight excluding hydrogens is 268 g/mol. The van der Waals surface area contributed by atoms with Crippen LogP contribution >= 0.6 is 0 Å². The van der Waals surface area contributed by atoms with Crippen molar-refractivity contribution in [2.45, 2.75) is 19.9 Å². The number of oxazole rings is 1. The van der Waals surface area contributed by atoms with Gasteiger partial charge < -0.3 is 19.9 Å². The van der Waals surface area contributed by atoms with Crippen LogP contribution in [-0.4, -0.2) is 15.2 Å². The quantitative estimate of drug-likeness (QED) is 0.683. The molecule has 3 rings (SSSR count). The minimum absolute atomic E-state index is 0.0633. The van der Waals surface area contributed by atoms with Gasteiger partial charge in [0.05, 0.1) is 11.6 Å². The summed E-state index contributed by atoms with van der Waals surface area (Å²) in [5.74, 6) is 0.746. The average molecular weight is 284 g/mol. The van der Waals surface area contributed by atoms with Gasteiger partial charge in [-0.05, 0) is 37.3 Å². The van der Waals surface area contributed by atoms with E-state index in [1.165, 1.54) is 0 Å². The van der Waals surface area contributed by atoms with Crippen LogP contribution < -0.4 is 5.32 Å². The molecule has 3 aromatic rings. The van der Waals surface area contributed by atoms with Gasteiger partial charge in [-0.15, -0.1) is 0 Å². The largest absolute Gasteiger partial charge is 0.507 e. The van der Waals surface area contributed by atoms with Crippen molar-refractivity contribution >= 4 is 16.8 Å². The standard InChI is InChI=1S/C16H16N2O3/c1-9(16-13(19)4-3-5-14(16)20)17-11-6-7-15-12(8-11)18-10(2)21-15/h3-9,17,19-20H,1-2H3. The molecule has 0 amide bonds. The number of hydrogen-bond acceptors (Lipinski definition) is 5. The number of fused-ring (bicyclic) bond motifs is 1. The lowest BCUT2D eigenvalue weighted by Gasteiger charge is -2.18. The van der Waals surface area contributed by atoms with E-state index in [0.717, 1.165) is 16.8 Å². The molecule has 1 heterocycles. The van der Waals surface area contributed by atoms with Crippen LogP contribution in [0.25, 0.3) is 11.1 Å². The van der Waals surface area contributed by atoms with Gasteiger partial charge in [-0.25, -0.2) is 4.98 Å². The Kier molecular flexibility index (Phi) is 3.17. The van der Waals surface area contributed by atoms with E-state index >= 15 is 0 Å². The lowest BCUT2D eigenvalue weighted by molar-refractivity contribution is 0.434. The van der Waals surface area contributed by atoms with E-state index in [0.29, 0.717) is 11.5 Å². The average Bonchev–Trinajstić information content (AvgIpc) is 2.77. The second-order valence-electron chi connectivity index (χ2n) is 4.99. The third-order valence-corrected chi connectivity index (χ3v) is 3.37. The Labute approximate surface area is 121 Å². The number of anilines is 1. The zero-order chi connectivity index (χ0) is 15.0. The summed E-state index contributed by atoms with van der Waals surface area (Å²) in [6, 6.07) is 10.0. The second-order valence-corrected chi connectivity index (χ2v) is 4.99. The van der Waals surface area contributed by atoms with E-state index in [1.807, 2.05) is 25.1 Å². The van der Waals surface area contributed by atoms with Gasteiger partial charge in [0.15, 0.2) is 11.5 Å². The fourth-order valence-electron chi connectivity index (χ4n) is 2.44. The summed E-state index contributed by atoms with van der Waals surface area (Å²) < 4.78 is 5.43. The highest BCUT2D eigenvalue weighted by Crippen LogP contribution is 2.34. The number of aryl methyl sites for hydroxylation is 1. The summed E-state index contributed by atoms with van der Waals surface area (Å²) in [7, 11) is 0. The Bertz CT molecular complexity index is 775. The lowest BCUT2D eigenvalue weighted by Crippen LogP contribution is -2.07. The predicted octanol–water partition coefficient (Wildman–Crippen LogP) is 3.72. The van der Waals surface area contributed by atoms with Gasteiger partial charge in [-0.1, -0.05) is 6.07 Å². The van der Waals surface area contributed by atoms with E-state index in [4.69, 9.17) is 4.42 Å². The van der Waals surface area contributed by atoms with E-state index in [9.17, 15) is 10.2 Å². The molecule has 1 unspecified atom stereocenters. The fraction of sp³-hybridized carbons (Fsp3) is 0.188. The molecular formula is C16H16N2O3. The van der Waals surface area contributed by atoms with Crippen molar-refractivity contribution in [3.8, 4) is 11.5 Å². The highest BCUT2D eigenvalue weighted by molar-refractivity contribution is 5.77. The lowest BCUT2D eigenvalue weighted by atomic mass is 10.1. The van der Waals surface area contributed by atoms with Crippen LogP contribution in [0.4, 0.5) is 5.69 Å². The number of aromatic hydroxyl groups is 2. The first-order valence-electron chi connectivity index (χ1n) is 6.69. The third-order valence-electron chi connectivity index (χ3n) is 3.37. The summed E-state index contributed by atoms with van der Waals surface area (Å²) >= 11 is 0. The molecule has 0 bridgehead atoms. The number of aromatic nitrogens is 1. The Morgan fingerprint density at radius 3 is 2.57 bits per heavy atom. The van der Waals surface area contributed by atoms with Gasteiger partial charge in [-0.2, -0.15) is 0 Å². The number of phenols is 2. The van der Waals surface area contributed by atoms with E-state index in [1.54, 1.807) is 25.1 Å². The Balaban J connectivity index is 1.90. The molecule has 1 atom stereocenters. The van der Waals surface area contributed by atoms with Crippen LogP contribution in [0.1, 0.15) is 24.4 Å². The number of nitrogens with one attached hydrogen (secondary N) is 1. The first-order valence-corrected chi connectivity index (χ1v) is 6.69. The summed E-state index contributed by atoms with van der Waals surface area (Å²) in [5, 5.41) is 23.0. The number of hydrogen-bond donors (Lipinski definition) is 3. The molecule has 0 aliphatic rings. The van der Waals surface area contributed by atoms with Gasteiger partial charge in [0.25, 0.3) is 0 Å². The molecule has 5 heteroatoms. The molecule has 0 aliphatic carbocycles. The molecule has 0 radical (unpaired) electrons. The Morgan fingerprint density at radius 2 is 1.86 bits per heavy atom. The van der Waals surface area contributed by atoms with Crippen LogP contribution in [0.15, 0.2) is 40.8 Å². The third kappa shape index (κ3) is 2.50. The minimum Gasteiger partial charge on any atom is -0.507 e. The zero-order valence-corrected chi connectivity index (χ0v) is 11.8. The molecule has 0 saturated carbocycles. The highest BCUT2D eigenvalue weighted by Gasteiger charge is 2.15. The molecule has 2 aromatic carbocycles. The normalized spacial score (nSPS) is 12.5. The van der Waals surface area contributed by atoms with Gasteiger partial charge in [0.2, 0.25) is 0 Å². The van der Waals surface area contributed by atoms with Crippen LogP contribution in [0.3, 0.4) is 0 Å². The van der Waals surface area contributed by atoms with Gasteiger partial charge in [0.1, 0.15) is 17.0 Å². The number of benzene rings is 2. The van der Waals surface area contributed by atoms with Crippen molar-refractivity contribution in [3.05, 3.63) is 47.9 Å². The predicted molar refractivity (Wildman–Crippen MR) is 80.6 cm³/mol. The monoisotopic (exact) mass is 284 g/mol. The van der Waals surface area contributed by atoms with Gasteiger partial charge >= 0.3 is 0 Å². The van der Waals surface area contributed by atoms with E-state index in [-0.39, 0.29) is 17.5 Å². The zero-order valence-electron chi connectivity index (χ0n) is 11.8. The number of nitrogens with zero attached hydrogens (tertiary/aromatic N) is 1. The minimum atomic E-state index is -0.253. The molecule has 0 aliphatic heterocycles. The van der Waals surface area contributed by atoms with E-state index < -0.39 is 0 Å². The summed E-state index contributed by atoms with van der Waals surface area (Å²) in [5.41, 5.74) is 2.81. The smallest absolute Gasteiger partial charge is 0.192 e. The molecule has 0 spiro atoms. The van der Waals surface area contributed by atoms with Crippen molar-refractivity contribution in [1.82, 2.24) is 4.98 Å². The van der Waals surface area contributed by atoms with Crippen molar-refractivity contribution in [2.24, 2.45) is 0 Å². The molecule has 3 N–H and O–H groups in total. The summed E-state index contributed by atoms with van der Waals surface area (Å²) in [4.78, 5) is 4.28.